The molecule has 2 aromatic rings. The Kier molecular flexibility index (Phi) is 4.94. The van der Waals surface area contributed by atoms with E-state index in [1.165, 1.54) is 33.9 Å². The monoisotopic (exact) mass is 343 g/mol. The Bertz CT molecular complexity index is 683. The van der Waals surface area contributed by atoms with Gasteiger partial charge in [-0.15, -0.1) is 11.3 Å². The van der Waals surface area contributed by atoms with Crippen LogP contribution in [0.1, 0.15) is 39.8 Å². The second-order valence-corrected chi connectivity index (χ2v) is 8.12. The lowest BCUT2D eigenvalue weighted by molar-refractivity contribution is 0.104. The minimum Gasteiger partial charge on any atom is -0.390 e. The number of aromatic nitrogens is 1. The summed E-state index contributed by atoms with van der Waals surface area (Å²) in [5, 5.41) is 15.0. The third-order valence-corrected chi connectivity index (χ3v) is 6.02. The van der Waals surface area contributed by atoms with Crippen molar-refractivity contribution in [2.24, 2.45) is 0 Å². The summed E-state index contributed by atoms with van der Waals surface area (Å²) >= 11 is 1.82. The SMILES string of the molecule is OC(CNCc1cnc(C2CC2)s1)CN1CCc2ccccc2C1. The van der Waals surface area contributed by atoms with Gasteiger partial charge >= 0.3 is 0 Å². The maximum atomic E-state index is 10.3. The Labute approximate surface area is 147 Å². The van der Waals surface area contributed by atoms with Crippen LogP contribution in [0.2, 0.25) is 0 Å². The van der Waals surface area contributed by atoms with Crippen LogP contribution in [-0.2, 0) is 19.5 Å². The minimum atomic E-state index is -0.328. The number of benzene rings is 1. The molecule has 1 aromatic heterocycles. The molecular formula is C19H25N3OS. The first-order valence-corrected chi connectivity index (χ1v) is 9.72. The molecule has 2 heterocycles. The number of thiazole rings is 1. The standard InChI is InChI=1S/C19H25N3OS/c23-17(9-20-10-18-11-21-19(24-18)15-5-6-15)13-22-8-7-14-3-1-2-4-16(14)12-22/h1-4,11,15,17,20,23H,5-10,12-13H2. The zero-order valence-corrected chi connectivity index (χ0v) is 14.8. The number of rotatable bonds is 7. The highest BCUT2D eigenvalue weighted by atomic mass is 32.1. The number of nitrogens with zero attached hydrogens (tertiary/aromatic N) is 2. The van der Waals surface area contributed by atoms with E-state index in [2.05, 4.69) is 39.5 Å². The number of hydrogen-bond acceptors (Lipinski definition) is 5. The van der Waals surface area contributed by atoms with Gasteiger partial charge in [0.25, 0.3) is 0 Å². The Hall–Kier alpha value is -1.27. The van der Waals surface area contributed by atoms with Crippen molar-refractivity contribution in [3.8, 4) is 0 Å². The van der Waals surface area contributed by atoms with Gasteiger partial charge in [0.05, 0.1) is 11.1 Å². The van der Waals surface area contributed by atoms with Gasteiger partial charge in [0, 0.05) is 49.7 Å². The van der Waals surface area contributed by atoms with Gasteiger partial charge in [-0.05, 0) is 30.4 Å². The largest absolute Gasteiger partial charge is 0.390 e. The molecule has 1 aliphatic carbocycles. The minimum absolute atomic E-state index is 0.328. The maximum absolute atomic E-state index is 10.3. The highest BCUT2D eigenvalue weighted by Crippen LogP contribution is 2.41. The molecule has 1 fully saturated rings. The average molecular weight is 343 g/mol. The summed E-state index contributed by atoms with van der Waals surface area (Å²) in [5.74, 6) is 0.733. The van der Waals surface area contributed by atoms with Crippen molar-refractivity contribution in [2.75, 3.05) is 19.6 Å². The molecule has 128 valence electrons. The van der Waals surface area contributed by atoms with Crippen LogP contribution in [0.5, 0.6) is 0 Å². The number of β-amino-alcohol motifs (C(OH)–C–C–N with tert-alkyl or cyclic N) is 1. The van der Waals surface area contributed by atoms with Crippen molar-refractivity contribution >= 4 is 11.3 Å². The molecule has 0 amide bonds. The molecule has 24 heavy (non-hydrogen) atoms. The highest BCUT2D eigenvalue weighted by Gasteiger charge is 2.26. The first-order valence-electron chi connectivity index (χ1n) is 8.90. The summed E-state index contributed by atoms with van der Waals surface area (Å²) in [5.41, 5.74) is 2.86. The van der Waals surface area contributed by atoms with Crippen molar-refractivity contribution in [3.63, 3.8) is 0 Å². The molecular weight excluding hydrogens is 318 g/mol. The van der Waals surface area contributed by atoms with Crippen LogP contribution in [0.25, 0.3) is 0 Å². The highest BCUT2D eigenvalue weighted by molar-refractivity contribution is 7.11. The Morgan fingerprint density at radius 2 is 2.12 bits per heavy atom. The van der Waals surface area contributed by atoms with Crippen molar-refractivity contribution in [2.45, 2.75) is 44.4 Å². The molecule has 1 saturated carbocycles. The van der Waals surface area contributed by atoms with Crippen LogP contribution in [0.4, 0.5) is 0 Å². The molecule has 4 rings (SSSR count). The summed E-state index contributed by atoms with van der Waals surface area (Å²) in [6, 6.07) is 8.63. The van der Waals surface area contributed by atoms with E-state index in [4.69, 9.17) is 0 Å². The third-order valence-electron chi connectivity index (χ3n) is 4.86. The molecule has 1 aliphatic heterocycles. The van der Waals surface area contributed by atoms with E-state index in [1.807, 2.05) is 17.5 Å². The third kappa shape index (κ3) is 4.03. The molecule has 1 atom stereocenters. The Balaban J connectivity index is 1.20. The van der Waals surface area contributed by atoms with E-state index in [9.17, 15) is 5.11 Å². The predicted octanol–water partition coefficient (Wildman–Crippen LogP) is 2.53. The van der Waals surface area contributed by atoms with Crippen LogP contribution >= 0.6 is 11.3 Å². The van der Waals surface area contributed by atoms with Gasteiger partial charge in [0.15, 0.2) is 0 Å². The lowest BCUT2D eigenvalue weighted by Gasteiger charge is -2.30. The molecule has 1 unspecified atom stereocenters. The summed E-state index contributed by atoms with van der Waals surface area (Å²) in [6.07, 6.45) is 5.35. The van der Waals surface area contributed by atoms with Gasteiger partial charge in [-0.25, -0.2) is 4.98 Å². The van der Waals surface area contributed by atoms with Crippen LogP contribution in [0.15, 0.2) is 30.5 Å². The normalized spacial score (nSPS) is 19.2. The molecule has 4 nitrogen and oxygen atoms in total. The second-order valence-electron chi connectivity index (χ2n) is 6.98. The smallest absolute Gasteiger partial charge is 0.0959 e. The zero-order valence-electron chi connectivity index (χ0n) is 13.9. The van der Waals surface area contributed by atoms with E-state index in [0.29, 0.717) is 6.54 Å². The molecule has 0 radical (unpaired) electrons. The summed E-state index contributed by atoms with van der Waals surface area (Å²) in [4.78, 5) is 8.13. The number of aliphatic hydroxyl groups is 1. The van der Waals surface area contributed by atoms with E-state index >= 15 is 0 Å². The zero-order chi connectivity index (χ0) is 16.4. The lowest BCUT2D eigenvalue weighted by Crippen LogP contribution is -2.40. The van der Waals surface area contributed by atoms with Crippen molar-refractivity contribution in [1.29, 1.82) is 0 Å². The Morgan fingerprint density at radius 3 is 2.96 bits per heavy atom. The van der Waals surface area contributed by atoms with Gasteiger partial charge in [0.1, 0.15) is 0 Å². The molecule has 0 saturated heterocycles. The molecule has 2 aliphatic rings. The fourth-order valence-corrected chi connectivity index (χ4v) is 4.41. The molecule has 2 N–H and O–H groups in total. The number of nitrogens with one attached hydrogen (secondary N) is 1. The fraction of sp³-hybridized carbons (Fsp3) is 0.526. The summed E-state index contributed by atoms with van der Waals surface area (Å²) < 4.78 is 0. The first-order chi connectivity index (χ1) is 11.8. The summed E-state index contributed by atoms with van der Waals surface area (Å²) in [6.45, 7) is 4.16. The van der Waals surface area contributed by atoms with Gasteiger partial charge in [-0.1, -0.05) is 24.3 Å². The van der Waals surface area contributed by atoms with Crippen LogP contribution in [0.3, 0.4) is 0 Å². The molecule has 0 bridgehead atoms. The quantitative estimate of drug-likeness (QED) is 0.811. The number of fused-ring (bicyclic) bond motifs is 1. The number of aliphatic hydroxyl groups excluding tert-OH is 1. The van der Waals surface area contributed by atoms with E-state index in [-0.39, 0.29) is 6.10 Å². The summed E-state index contributed by atoms with van der Waals surface area (Å²) in [7, 11) is 0. The molecule has 1 aromatic carbocycles. The maximum Gasteiger partial charge on any atom is 0.0959 e. The van der Waals surface area contributed by atoms with Gasteiger partial charge in [-0.3, -0.25) is 4.90 Å². The second kappa shape index (κ2) is 7.31. The van der Waals surface area contributed by atoms with E-state index in [0.717, 1.165) is 38.5 Å². The predicted molar refractivity (Wildman–Crippen MR) is 97.2 cm³/mol. The van der Waals surface area contributed by atoms with Gasteiger partial charge in [-0.2, -0.15) is 0 Å². The first kappa shape index (κ1) is 16.2. The van der Waals surface area contributed by atoms with Crippen LogP contribution < -0.4 is 5.32 Å². The molecule has 0 spiro atoms. The fourth-order valence-electron chi connectivity index (χ4n) is 3.36. The lowest BCUT2D eigenvalue weighted by atomic mass is 10.00. The topological polar surface area (TPSA) is 48.4 Å². The van der Waals surface area contributed by atoms with Crippen molar-refractivity contribution < 1.29 is 5.11 Å². The average Bonchev–Trinajstić information content (AvgIpc) is 3.34. The number of hydrogen-bond donors (Lipinski definition) is 2. The van der Waals surface area contributed by atoms with Gasteiger partial charge in [0.2, 0.25) is 0 Å². The van der Waals surface area contributed by atoms with E-state index in [1.54, 1.807) is 0 Å². The van der Waals surface area contributed by atoms with Crippen LogP contribution in [0, 0.1) is 0 Å². The van der Waals surface area contributed by atoms with Crippen molar-refractivity contribution in [1.82, 2.24) is 15.2 Å². The molecule has 5 heteroatoms. The Morgan fingerprint density at radius 1 is 1.29 bits per heavy atom. The van der Waals surface area contributed by atoms with Gasteiger partial charge < -0.3 is 10.4 Å². The van der Waals surface area contributed by atoms with Crippen molar-refractivity contribution in [3.05, 3.63) is 51.5 Å². The van der Waals surface area contributed by atoms with Crippen LogP contribution in [-0.4, -0.2) is 40.7 Å². The van der Waals surface area contributed by atoms with E-state index < -0.39 is 0 Å².